The summed E-state index contributed by atoms with van der Waals surface area (Å²) in [7, 11) is 0. The lowest BCUT2D eigenvalue weighted by Crippen LogP contribution is -2.33. The van der Waals surface area contributed by atoms with Gasteiger partial charge in [-0.3, -0.25) is 14.9 Å². The fourth-order valence-electron chi connectivity index (χ4n) is 3.24. The topological polar surface area (TPSA) is 63.5 Å². The zero-order valence-electron chi connectivity index (χ0n) is 12.4. The molecule has 1 aromatic rings. The first kappa shape index (κ1) is 14.0. The minimum atomic E-state index is -0.654. The van der Waals surface area contributed by atoms with E-state index in [-0.39, 0.29) is 16.9 Å². The van der Waals surface area contributed by atoms with Gasteiger partial charge >= 0.3 is 0 Å². The fourth-order valence-corrected chi connectivity index (χ4v) is 3.24. The van der Waals surface area contributed by atoms with E-state index >= 15 is 0 Å². The predicted octanol–water partition coefficient (Wildman–Crippen LogP) is 2.63. The average molecular weight is 288 g/mol. The van der Waals surface area contributed by atoms with Crippen molar-refractivity contribution in [2.45, 2.75) is 45.2 Å². The Morgan fingerprint density at radius 1 is 1.33 bits per heavy atom. The molecule has 3 atom stereocenters. The van der Waals surface area contributed by atoms with Crippen LogP contribution in [0.4, 0.5) is 0 Å². The smallest absolute Gasteiger partial charge is 0.233 e. The highest BCUT2D eigenvalue weighted by Gasteiger charge is 2.55. The third-order valence-electron chi connectivity index (χ3n) is 4.80. The molecule has 1 heterocycles. The van der Waals surface area contributed by atoms with Crippen molar-refractivity contribution in [3.8, 4) is 0 Å². The number of carbonyl (C=O) groups excluding carboxylic acids is 1. The summed E-state index contributed by atoms with van der Waals surface area (Å²) in [5, 5.41) is 10.8. The van der Waals surface area contributed by atoms with E-state index in [0.29, 0.717) is 6.42 Å². The molecule has 1 amide bonds. The maximum Gasteiger partial charge on any atom is 0.233 e. The first-order chi connectivity index (χ1) is 9.99. The van der Waals surface area contributed by atoms with E-state index in [9.17, 15) is 14.9 Å². The molecule has 1 aromatic carbocycles. The molecule has 0 spiro atoms. The minimum absolute atomic E-state index is 0.0302. The molecular formula is C16H20N2O3. The lowest BCUT2D eigenvalue weighted by molar-refractivity contribution is -0.497. The highest BCUT2D eigenvalue weighted by molar-refractivity contribution is 5.82. The van der Waals surface area contributed by atoms with Crippen molar-refractivity contribution < 1.29 is 9.72 Å². The van der Waals surface area contributed by atoms with Crippen LogP contribution >= 0.6 is 0 Å². The van der Waals surface area contributed by atoms with Crippen molar-refractivity contribution in [3.63, 3.8) is 0 Å². The van der Waals surface area contributed by atoms with Gasteiger partial charge in [0, 0.05) is 17.9 Å². The summed E-state index contributed by atoms with van der Waals surface area (Å²) in [6.45, 7) is 4.86. The van der Waals surface area contributed by atoms with Crippen LogP contribution in [0.1, 0.15) is 42.0 Å². The van der Waals surface area contributed by atoms with Crippen molar-refractivity contribution in [2.75, 3.05) is 6.54 Å². The number of hydrogen-bond acceptors (Lipinski definition) is 3. The molecule has 1 saturated carbocycles. The second-order valence-electron chi connectivity index (χ2n) is 6.23. The molecule has 2 aliphatic rings. The predicted molar refractivity (Wildman–Crippen MR) is 78.5 cm³/mol. The van der Waals surface area contributed by atoms with Crippen LogP contribution in [0.25, 0.3) is 0 Å². The molecule has 5 heteroatoms. The second kappa shape index (κ2) is 5.13. The van der Waals surface area contributed by atoms with Gasteiger partial charge in [0.15, 0.2) is 0 Å². The molecule has 1 saturated heterocycles. The zero-order valence-corrected chi connectivity index (χ0v) is 12.4. The monoisotopic (exact) mass is 288 g/mol. The van der Waals surface area contributed by atoms with Gasteiger partial charge in [0.1, 0.15) is 5.92 Å². The molecule has 3 rings (SSSR count). The third-order valence-corrected chi connectivity index (χ3v) is 4.80. The van der Waals surface area contributed by atoms with Crippen LogP contribution in [0.15, 0.2) is 18.2 Å². The van der Waals surface area contributed by atoms with E-state index in [2.05, 4.69) is 32.0 Å². The summed E-state index contributed by atoms with van der Waals surface area (Å²) in [5.41, 5.74) is 3.62. The molecule has 5 nitrogen and oxygen atoms in total. The van der Waals surface area contributed by atoms with Crippen LogP contribution in [0.3, 0.4) is 0 Å². The second-order valence-corrected chi connectivity index (χ2v) is 6.23. The number of aryl methyl sites for hydroxylation is 2. The Morgan fingerprint density at radius 2 is 2.10 bits per heavy atom. The molecule has 0 unspecified atom stereocenters. The van der Waals surface area contributed by atoms with Gasteiger partial charge in [-0.25, -0.2) is 0 Å². The first-order valence-corrected chi connectivity index (χ1v) is 7.50. The van der Waals surface area contributed by atoms with Crippen LogP contribution in [0.2, 0.25) is 0 Å². The van der Waals surface area contributed by atoms with Gasteiger partial charge < -0.3 is 4.90 Å². The normalized spacial score (nSPS) is 27.7. The zero-order chi connectivity index (χ0) is 15.1. The van der Waals surface area contributed by atoms with Crippen molar-refractivity contribution in [1.82, 2.24) is 4.90 Å². The van der Waals surface area contributed by atoms with Gasteiger partial charge in [0.2, 0.25) is 11.9 Å². The highest BCUT2D eigenvalue weighted by Crippen LogP contribution is 2.40. The van der Waals surface area contributed by atoms with E-state index in [0.717, 1.165) is 24.9 Å². The first-order valence-electron chi connectivity index (χ1n) is 7.50. The summed E-state index contributed by atoms with van der Waals surface area (Å²) in [6.07, 6.45) is 2.32. The maximum absolute atomic E-state index is 12.5. The van der Waals surface area contributed by atoms with Crippen LogP contribution in [-0.4, -0.2) is 28.3 Å². The molecule has 1 aliphatic carbocycles. The lowest BCUT2D eigenvalue weighted by atomic mass is 9.99. The van der Waals surface area contributed by atoms with Gasteiger partial charge in [-0.1, -0.05) is 18.2 Å². The van der Waals surface area contributed by atoms with Crippen LogP contribution < -0.4 is 0 Å². The van der Waals surface area contributed by atoms with E-state index in [4.69, 9.17) is 0 Å². The van der Waals surface area contributed by atoms with E-state index in [1.165, 1.54) is 11.1 Å². The molecule has 0 bridgehead atoms. The Labute approximate surface area is 124 Å². The quantitative estimate of drug-likeness (QED) is 0.634. The number of likely N-dealkylation sites (tertiary alicyclic amines) is 1. The van der Waals surface area contributed by atoms with Crippen molar-refractivity contribution >= 4 is 5.91 Å². The number of amides is 1. The minimum Gasteiger partial charge on any atom is -0.335 e. The SMILES string of the molecule is Cc1ccc([C@@H]2CCCN2C(=O)[C@H]2C[C@@H]2[N+](=O)[O-])cc1C. The number of carbonyl (C=O) groups is 1. The van der Waals surface area contributed by atoms with Gasteiger partial charge in [-0.15, -0.1) is 0 Å². The Morgan fingerprint density at radius 3 is 2.71 bits per heavy atom. The van der Waals surface area contributed by atoms with Crippen LogP contribution in [0.5, 0.6) is 0 Å². The van der Waals surface area contributed by atoms with Crippen molar-refractivity contribution in [2.24, 2.45) is 5.92 Å². The van der Waals surface area contributed by atoms with Crippen LogP contribution in [0, 0.1) is 29.9 Å². The van der Waals surface area contributed by atoms with E-state index in [1.54, 1.807) is 0 Å². The van der Waals surface area contributed by atoms with E-state index in [1.807, 2.05) is 4.90 Å². The summed E-state index contributed by atoms with van der Waals surface area (Å²) in [6, 6.07) is 5.74. The van der Waals surface area contributed by atoms with Crippen molar-refractivity contribution in [3.05, 3.63) is 45.0 Å². The summed E-state index contributed by atoms with van der Waals surface area (Å²) in [5.74, 6) is -0.426. The van der Waals surface area contributed by atoms with Gasteiger partial charge in [-0.05, 0) is 43.4 Å². The van der Waals surface area contributed by atoms with Crippen LogP contribution in [-0.2, 0) is 4.79 Å². The van der Waals surface area contributed by atoms with Gasteiger partial charge in [0.25, 0.3) is 0 Å². The molecule has 21 heavy (non-hydrogen) atoms. The average Bonchev–Trinajstić information content (AvgIpc) is 3.11. The standard InChI is InChI=1S/C16H20N2O3/c1-10-5-6-12(8-11(10)2)14-4-3-7-17(14)16(19)13-9-15(13)18(20)21/h5-6,8,13-15H,3-4,7,9H2,1-2H3/t13-,14-,15-/m0/s1. The Kier molecular flexibility index (Phi) is 3.43. The molecule has 2 fully saturated rings. The summed E-state index contributed by atoms with van der Waals surface area (Å²) >= 11 is 0. The lowest BCUT2D eigenvalue weighted by Gasteiger charge is -2.25. The fraction of sp³-hybridized carbons (Fsp3) is 0.562. The largest absolute Gasteiger partial charge is 0.335 e. The highest BCUT2D eigenvalue weighted by atomic mass is 16.6. The summed E-state index contributed by atoms with van der Waals surface area (Å²) in [4.78, 5) is 24.8. The molecule has 112 valence electrons. The molecule has 0 N–H and O–H groups in total. The maximum atomic E-state index is 12.5. The van der Waals surface area contributed by atoms with Gasteiger partial charge in [-0.2, -0.15) is 0 Å². The Balaban J connectivity index is 1.78. The van der Waals surface area contributed by atoms with Crippen molar-refractivity contribution in [1.29, 1.82) is 0 Å². The van der Waals surface area contributed by atoms with Gasteiger partial charge in [0.05, 0.1) is 6.04 Å². The Hall–Kier alpha value is -1.91. The number of benzene rings is 1. The third kappa shape index (κ3) is 2.52. The molecular weight excluding hydrogens is 268 g/mol. The summed E-state index contributed by atoms with van der Waals surface area (Å²) < 4.78 is 0. The number of nitro groups is 1. The molecule has 1 aliphatic heterocycles. The number of hydrogen-bond donors (Lipinski definition) is 0. The Bertz CT molecular complexity index is 599. The number of rotatable bonds is 3. The van der Waals surface area contributed by atoms with E-state index < -0.39 is 12.0 Å². The molecule has 0 aromatic heterocycles. The molecule has 0 radical (unpaired) electrons. The number of nitrogens with zero attached hydrogens (tertiary/aromatic N) is 2.